The van der Waals surface area contributed by atoms with E-state index >= 15 is 0 Å². The number of anilines is 1. The number of nitrogens with one attached hydrogen (secondary N) is 2. The number of hydrogen-bond donors (Lipinski definition) is 2. The summed E-state index contributed by atoms with van der Waals surface area (Å²) in [4.78, 5) is 16.4. The second-order valence-electron chi connectivity index (χ2n) is 5.08. The Morgan fingerprint density at radius 2 is 2.11 bits per heavy atom. The summed E-state index contributed by atoms with van der Waals surface area (Å²) in [5.74, 6) is 0.462. The molecule has 5 nitrogen and oxygen atoms in total. The number of carbonyl (C=O) groups is 1. The van der Waals surface area contributed by atoms with E-state index in [0.717, 1.165) is 25.7 Å². The van der Waals surface area contributed by atoms with E-state index < -0.39 is 0 Å². The lowest BCUT2D eigenvalue weighted by atomic mass is 9.64. The van der Waals surface area contributed by atoms with E-state index in [1.54, 1.807) is 0 Å². The molecule has 5 heteroatoms. The minimum Gasteiger partial charge on any atom is -0.294 e. The smallest absolute Gasteiger partial charge is 0.233 e. The molecule has 1 amide bonds. The normalized spacial score (nSPS) is 16.6. The predicted molar refractivity (Wildman–Crippen MR) is 71.4 cm³/mol. The van der Waals surface area contributed by atoms with Gasteiger partial charge in [-0.05, 0) is 24.8 Å². The summed E-state index contributed by atoms with van der Waals surface area (Å²) >= 11 is 0. The van der Waals surface area contributed by atoms with Crippen LogP contribution in [0.5, 0.6) is 0 Å². The van der Waals surface area contributed by atoms with Gasteiger partial charge in [0.2, 0.25) is 11.9 Å². The summed E-state index contributed by atoms with van der Waals surface area (Å²) in [7, 11) is 0. The first kappa shape index (κ1) is 11.9. The molecule has 1 heterocycles. The Bertz CT molecular complexity index is 546. The van der Waals surface area contributed by atoms with Gasteiger partial charge in [0.25, 0.3) is 0 Å². The Kier molecular flexibility index (Phi) is 3.03. The summed E-state index contributed by atoms with van der Waals surface area (Å²) in [5.41, 5.74) is 0.920. The third-order valence-corrected chi connectivity index (χ3v) is 3.82. The van der Waals surface area contributed by atoms with Crippen LogP contribution in [-0.4, -0.2) is 21.1 Å². The molecule has 1 aliphatic carbocycles. The zero-order chi connectivity index (χ0) is 13.1. The molecule has 3 rings (SSSR count). The molecule has 1 fully saturated rings. The molecule has 1 aromatic carbocycles. The van der Waals surface area contributed by atoms with Gasteiger partial charge in [-0.1, -0.05) is 36.8 Å². The standard InChI is InChI=1S/C14H16N4O/c19-12(17-13-15-10-16-18-13)14(7-4-8-14)9-11-5-2-1-3-6-11/h1-3,5-6,10H,4,7-9H2,(H2,15,16,17,18,19). The Morgan fingerprint density at radius 3 is 2.68 bits per heavy atom. The lowest BCUT2D eigenvalue weighted by Gasteiger charge is -2.40. The van der Waals surface area contributed by atoms with Crippen LogP contribution in [0.15, 0.2) is 36.7 Å². The van der Waals surface area contributed by atoms with E-state index in [1.165, 1.54) is 11.9 Å². The van der Waals surface area contributed by atoms with Gasteiger partial charge in [0.1, 0.15) is 6.33 Å². The number of benzene rings is 1. The number of rotatable bonds is 4. The van der Waals surface area contributed by atoms with Gasteiger partial charge in [-0.15, -0.1) is 0 Å². The second-order valence-corrected chi connectivity index (χ2v) is 5.08. The van der Waals surface area contributed by atoms with Crippen molar-refractivity contribution in [3.63, 3.8) is 0 Å². The van der Waals surface area contributed by atoms with Gasteiger partial charge in [-0.25, -0.2) is 5.10 Å². The summed E-state index contributed by atoms with van der Waals surface area (Å²) in [6.45, 7) is 0. The van der Waals surface area contributed by atoms with E-state index in [4.69, 9.17) is 0 Å². The number of carbonyl (C=O) groups excluding carboxylic acids is 1. The molecule has 2 N–H and O–H groups in total. The monoisotopic (exact) mass is 256 g/mol. The molecule has 0 bridgehead atoms. The second kappa shape index (κ2) is 4.84. The zero-order valence-corrected chi connectivity index (χ0v) is 10.6. The molecule has 1 aliphatic rings. The predicted octanol–water partition coefficient (Wildman–Crippen LogP) is 2.16. The molecule has 0 spiro atoms. The molecule has 1 aromatic heterocycles. The third-order valence-electron chi connectivity index (χ3n) is 3.82. The van der Waals surface area contributed by atoms with Gasteiger partial charge in [0, 0.05) is 0 Å². The number of aromatic amines is 1. The Labute approximate surface area is 111 Å². The van der Waals surface area contributed by atoms with Gasteiger partial charge in [-0.3, -0.25) is 10.1 Å². The molecule has 19 heavy (non-hydrogen) atoms. The molecule has 0 aliphatic heterocycles. The van der Waals surface area contributed by atoms with Crippen molar-refractivity contribution in [3.8, 4) is 0 Å². The summed E-state index contributed by atoms with van der Waals surface area (Å²) in [6, 6.07) is 10.2. The quantitative estimate of drug-likeness (QED) is 0.880. The van der Waals surface area contributed by atoms with Gasteiger partial charge < -0.3 is 0 Å². The van der Waals surface area contributed by atoms with Crippen molar-refractivity contribution in [1.82, 2.24) is 15.2 Å². The van der Waals surface area contributed by atoms with E-state index in [9.17, 15) is 4.79 Å². The van der Waals surface area contributed by atoms with Crippen LogP contribution in [0.1, 0.15) is 24.8 Å². The Hall–Kier alpha value is -2.17. The highest BCUT2D eigenvalue weighted by atomic mass is 16.2. The molecule has 0 saturated heterocycles. The fourth-order valence-corrected chi connectivity index (χ4v) is 2.58. The van der Waals surface area contributed by atoms with Crippen molar-refractivity contribution in [2.75, 3.05) is 5.32 Å². The number of hydrogen-bond acceptors (Lipinski definition) is 3. The largest absolute Gasteiger partial charge is 0.294 e. The van der Waals surface area contributed by atoms with Crippen molar-refractivity contribution >= 4 is 11.9 Å². The Morgan fingerprint density at radius 1 is 1.32 bits per heavy atom. The van der Waals surface area contributed by atoms with Crippen LogP contribution >= 0.6 is 0 Å². The lowest BCUT2D eigenvalue weighted by molar-refractivity contribution is -0.130. The third kappa shape index (κ3) is 2.36. The highest BCUT2D eigenvalue weighted by Crippen LogP contribution is 2.44. The molecular weight excluding hydrogens is 240 g/mol. The van der Waals surface area contributed by atoms with Crippen molar-refractivity contribution in [2.24, 2.45) is 5.41 Å². The molecule has 0 radical (unpaired) electrons. The minimum absolute atomic E-state index is 0.0411. The van der Waals surface area contributed by atoms with Gasteiger partial charge in [0.15, 0.2) is 0 Å². The molecular formula is C14H16N4O. The van der Waals surface area contributed by atoms with E-state index in [1.807, 2.05) is 18.2 Å². The Balaban J connectivity index is 1.74. The van der Waals surface area contributed by atoms with Crippen molar-refractivity contribution in [2.45, 2.75) is 25.7 Å². The average Bonchev–Trinajstić information content (AvgIpc) is 2.88. The van der Waals surface area contributed by atoms with Crippen LogP contribution in [0.4, 0.5) is 5.95 Å². The van der Waals surface area contributed by atoms with Gasteiger partial charge in [-0.2, -0.15) is 10.1 Å². The highest BCUT2D eigenvalue weighted by molar-refractivity contribution is 5.94. The topological polar surface area (TPSA) is 70.7 Å². The van der Waals surface area contributed by atoms with Crippen LogP contribution in [0.25, 0.3) is 0 Å². The highest BCUT2D eigenvalue weighted by Gasteiger charge is 2.44. The van der Waals surface area contributed by atoms with Crippen LogP contribution in [0.2, 0.25) is 0 Å². The molecule has 98 valence electrons. The van der Waals surface area contributed by atoms with E-state index in [2.05, 4.69) is 32.6 Å². The SMILES string of the molecule is O=C(Nc1ncn[nH]1)C1(Cc2ccccc2)CCC1. The van der Waals surface area contributed by atoms with Crippen LogP contribution < -0.4 is 5.32 Å². The minimum atomic E-state index is -0.284. The van der Waals surface area contributed by atoms with E-state index in [0.29, 0.717) is 5.95 Å². The summed E-state index contributed by atoms with van der Waals surface area (Å²) in [6.07, 6.45) is 5.15. The van der Waals surface area contributed by atoms with Gasteiger partial charge in [0.05, 0.1) is 5.41 Å². The molecule has 0 unspecified atom stereocenters. The number of H-pyrrole nitrogens is 1. The average molecular weight is 256 g/mol. The first-order chi connectivity index (χ1) is 9.28. The van der Waals surface area contributed by atoms with Crippen molar-refractivity contribution in [3.05, 3.63) is 42.2 Å². The molecule has 1 saturated carbocycles. The number of nitrogens with zero attached hydrogens (tertiary/aromatic N) is 2. The fourth-order valence-electron chi connectivity index (χ4n) is 2.58. The fraction of sp³-hybridized carbons (Fsp3) is 0.357. The maximum absolute atomic E-state index is 12.4. The lowest BCUT2D eigenvalue weighted by Crippen LogP contribution is -2.43. The van der Waals surface area contributed by atoms with E-state index in [-0.39, 0.29) is 11.3 Å². The van der Waals surface area contributed by atoms with Crippen molar-refractivity contribution < 1.29 is 4.79 Å². The number of amides is 1. The maximum atomic E-state index is 12.4. The first-order valence-corrected chi connectivity index (χ1v) is 6.49. The maximum Gasteiger partial charge on any atom is 0.233 e. The number of aromatic nitrogens is 3. The van der Waals surface area contributed by atoms with Crippen molar-refractivity contribution in [1.29, 1.82) is 0 Å². The summed E-state index contributed by atoms with van der Waals surface area (Å²) < 4.78 is 0. The first-order valence-electron chi connectivity index (χ1n) is 6.49. The van der Waals surface area contributed by atoms with Crippen LogP contribution in [0.3, 0.4) is 0 Å². The van der Waals surface area contributed by atoms with Crippen LogP contribution in [-0.2, 0) is 11.2 Å². The zero-order valence-electron chi connectivity index (χ0n) is 10.6. The molecule has 2 aromatic rings. The van der Waals surface area contributed by atoms with Gasteiger partial charge >= 0.3 is 0 Å². The van der Waals surface area contributed by atoms with Crippen LogP contribution in [0, 0.1) is 5.41 Å². The molecule has 0 atom stereocenters. The summed E-state index contributed by atoms with van der Waals surface area (Å²) in [5, 5.41) is 9.21.